The number of rotatable bonds is 6. The molecule has 0 rings (SSSR count). The fourth-order valence-electron chi connectivity index (χ4n) is 1.47. The van der Waals surface area contributed by atoms with Gasteiger partial charge in [0.1, 0.15) is 0 Å². The van der Waals surface area contributed by atoms with E-state index in [0.29, 0.717) is 12.8 Å². The summed E-state index contributed by atoms with van der Waals surface area (Å²) >= 11 is 0. The number of carbonyl (C=O) groups is 1. The van der Waals surface area contributed by atoms with E-state index in [1.165, 1.54) is 0 Å². The molecule has 0 aliphatic heterocycles. The van der Waals surface area contributed by atoms with Crippen molar-refractivity contribution < 1.29 is 18.0 Å². The molecular formula is C9H17F3N2O. The van der Waals surface area contributed by atoms with Gasteiger partial charge in [-0.2, -0.15) is 13.2 Å². The molecule has 1 atom stereocenters. The number of nitrogens with two attached hydrogens (primary N) is 1. The van der Waals surface area contributed by atoms with E-state index in [0.717, 1.165) is 0 Å². The molecule has 90 valence electrons. The smallest absolute Gasteiger partial charge is 0.368 e. The zero-order valence-corrected chi connectivity index (χ0v) is 8.95. The maximum atomic E-state index is 12.0. The minimum absolute atomic E-state index is 0.256. The van der Waals surface area contributed by atoms with Crippen molar-refractivity contribution in [3.63, 3.8) is 0 Å². The van der Waals surface area contributed by atoms with E-state index in [1.54, 1.807) is 13.8 Å². The van der Waals surface area contributed by atoms with E-state index >= 15 is 0 Å². The molecule has 0 radical (unpaired) electrons. The lowest BCUT2D eigenvalue weighted by atomic mass is 9.90. The van der Waals surface area contributed by atoms with Crippen molar-refractivity contribution in [1.82, 2.24) is 5.32 Å². The summed E-state index contributed by atoms with van der Waals surface area (Å²) in [5.41, 5.74) is 3.90. The minimum atomic E-state index is -4.33. The first-order valence-electron chi connectivity index (χ1n) is 4.89. The van der Waals surface area contributed by atoms with Crippen LogP contribution in [0.2, 0.25) is 0 Å². The first kappa shape index (κ1) is 14.2. The Labute approximate surface area is 87.2 Å². The topological polar surface area (TPSA) is 55.1 Å². The fourth-order valence-corrected chi connectivity index (χ4v) is 1.47. The Balaban J connectivity index is 4.55. The van der Waals surface area contributed by atoms with E-state index in [4.69, 9.17) is 5.73 Å². The van der Waals surface area contributed by atoms with E-state index in [-0.39, 0.29) is 6.42 Å². The van der Waals surface area contributed by atoms with Gasteiger partial charge in [-0.25, -0.2) is 0 Å². The van der Waals surface area contributed by atoms with Gasteiger partial charge in [-0.15, -0.1) is 0 Å². The highest BCUT2D eigenvalue weighted by atomic mass is 19.4. The van der Waals surface area contributed by atoms with Crippen LogP contribution in [0.15, 0.2) is 0 Å². The number of halogens is 3. The van der Waals surface area contributed by atoms with Crippen molar-refractivity contribution in [2.24, 2.45) is 5.73 Å². The molecule has 3 N–H and O–H groups in total. The molecule has 1 amide bonds. The standard InChI is InChI=1S/C9H17F3N2O/c1-3-5-8(4-2,7(13)15)14-6-9(10,11)12/h14H,3-6H2,1-2H3,(H2,13,15). The predicted molar refractivity (Wildman–Crippen MR) is 51.2 cm³/mol. The van der Waals surface area contributed by atoms with Gasteiger partial charge in [0.15, 0.2) is 0 Å². The van der Waals surface area contributed by atoms with Crippen molar-refractivity contribution in [2.75, 3.05) is 6.54 Å². The Morgan fingerprint density at radius 3 is 2.13 bits per heavy atom. The number of nitrogens with one attached hydrogen (secondary N) is 1. The quantitative estimate of drug-likeness (QED) is 0.722. The van der Waals surface area contributed by atoms with Crippen molar-refractivity contribution >= 4 is 5.91 Å². The van der Waals surface area contributed by atoms with Crippen molar-refractivity contribution in [1.29, 1.82) is 0 Å². The van der Waals surface area contributed by atoms with Crippen LogP contribution in [0.1, 0.15) is 33.1 Å². The summed E-state index contributed by atoms with van der Waals surface area (Å²) in [4.78, 5) is 11.2. The zero-order chi connectivity index (χ0) is 12.1. The summed E-state index contributed by atoms with van der Waals surface area (Å²) in [6, 6.07) is 0. The van der Waals surface area contributed by atoms with Gasteiger partial charge in [-0.1, -0.05) is 20.3 Å². The van der Waals surface area contributed by atoms with Crippen molar-refractivity contribution in [3.05, 3.63) is 0 Å². The second-order valence-corrected chi connectivity index (χ2v) is 3.52. The number of amides is 1. The minimum Gasteiger partial charge on any atom is -0.368 e. The molecule has 0 fully saturated rings. The first-order chi connectivity index (χ1) is 6.77. The Hall–Kier alpha value is -0.780. The maximum absolute atomic E-state index is 12.0. The predicted octanol–water partition coefficient (Wildman–Crippen LogP) is 1.57. The van der Waals surface area contributed by atoms with E-state index in [9.17, 15) is 18.0 Å². The van der Waals surface area contributed by atoms with Crippen molar-refractivity contribution in [2.45, 2.75) is 44.8 Å². The molecule has 0 aromatic carbocycles. The van der Waals surface area contributed by atoms with E-state index < -0.39 is 24.2 Å². The molecular weight excluding hydrogens is 209 g/mol. The summed E-state index contributed by atoms with van der Waals surface area (Å²) in [6.45, 7) is 2.25. The monoisotopic (exact) mass is 226 g/mol. The Morgan fingerprint density at radius 2 is 1.87 bits per heavy atom. The third-order valence-electron chi connectivity index (χ3n) is 2.38. The molecule has 0 bridgehead atoms. The highest BCUT2D eigenvalue weighted by Gasteiger charge is 2.38. The van der Waals surface area contributed by atoms with Crippen LogP contribution in [0.25, 0.3) is 0 Å². The molecule has 0 saturated carbocycles. The van der Waals surface area contributed by atoms with Gasteiger partial charge >= 0.3 is 6.18 Å². The highest BCUT2D eigenvalue weighted by molar-refractivity contribution is 5.84. The first-order valence-corrected chi connectivity index (χ1v) is 4.89. The lowest BCUT2D eigenvalue weighted by Crippen LogP contribution is -2.57. The number of carbonyl (C=O) groups excluding carboxylic acids is 1. The summed E-state index contributed by atoms with van der Waals surface area (Å²) in [5.74, 6) is -0.726. The summed E-state index contributed by atoms with van der Waals surface area (Å²) in [6.07, 6.45) is -3.16. The normalized spacial score (nSPS) is 16.1. The largest absolute Gasteiger partial charge is 0.401 e. The van der Waals surface area contributed by atoms with Crippen LogP contribution < -0.4 is 11.1 Å². The van der Waals surface area contributed by atoms with Gasteiger partial charge < -0.3 is 5.73 Å². The molecule has 15 heavy (non-hydrogen) atoms. The SMILES string of the molecule is CCCC(CC)(NCC(F)(F)F)C(N)=O. The molecule has 6 heteroatoms. The summed E-state index contributed by atoms with van der Waals surface area (Å²) in [7, 11) is 0. The van der Waals surface area contributed by atoms with Gasteiger partial charge in [-0.3, -0.25) is 10.1 Å². The van der Waals surface area contributed by atoms with Gasteiger partial charge in [0.05, 0.1) is 12.1 Å². The fraction of sp³-hybridized carbons (Fsp3) is 0.889. The van der Waals surface area contributed by atoms with Crippen LogP contribution in [0.3, 0.4) is 0 Å². The Bertz CT molecular complexity index is 218. The molecule has 0 aromatic heterocycles. The number of primary amides is 1. The van der Waals surface area contributed by atoms with E-state index in [1.807, 2.05) is 0 Å². The van der Waals surface area contributed by atoms with Crippen molar-refractivity contribution in [3.8, 4) is 0 Å². The van der Waals surface area contributed by atoms with Gasteiger partial charge in [0, 0.05) is 0 Å². The third kappa shape index (κ3) is 4.51. The molecule has 0 aromatic rings. The average Bonchev–Trinajstić information content (AvgIpc) is 2.10. The lowest BCUT2D eigenvalue weighted by Gasteiger charge is -2.30. The van der Waals surface area contributed by atoms with Gasteiger partial charge in [0.2, 0.25) is 5.91 Å². The highest BCUT2D eigenvalue weighted by Crippen LogP contribution is 2.20. The second kappa shape index (κ2) is 5.34. The van der Waals surface area contributed by atoms with Crippen LogP contribution in [0.5, 0.6) is 0 Å². The third-order valence-corrected chi connectivity index (χ3v) is 2.38. The summed E-state index contributed by atoms with van der Waals surface area (Å²) in [5, 5.41) is 2.22. The molecule has 0 spiro atoms. The number of alkyl halides is 3. The number of hydrogen-bond donors (Lipinski definition) is 2. The van der Waals surface area contributed by atoms with E-state index in [2.05, 4.69) is 5.32 Å². The zero-order valence-electron chi connectivity index (χ0n) is 8.95. The molecule has 0 aliphatic rings. The van der Waals surface area contributed by atoms with Gasteiger partial charge in [-0.05, 0) is 12.8 Å². The average molecular weight is 226 g/mol. The van der Waals surface area contributed by atoms with Gasteiger partial charge in [0.25, 0.3) is 0 Å². The Kier molecular flexibility index (Phi) is 5.07. The van der Waals surface area contributed by atoms with Crippen LogP contribution in [-0.4, -0.2) is 24.2 Å². The second-order valence-electron chi connectivity index (χ2n) is 3.52. The lowest BCUT2D eigenvalue weighted by molar-refractivity contribution is -0.136. The van der Waals surface area contributed by atoms with Crippen LogP contribution in [-0.2, 0) is 4.79 Å². The number of hydrogen-bond acceptors (Lipinski definition) is 2. The molecule has 3 nitrogen and oxygen atoms in total. The molecule has 0 saturated heterocycles. The van der Waals surface area contributed by atoms with Crippen LogP contribution in [0, 0.1) is 0 Å². The Morgan fingerprint density at radius 1 is 1.33 bits per heavy atom. The maximum Gasteiger partial charge on any atom is 0.401 e. The molecule has 1 unspecified atom stereocenters. The molecule has 0 aliphatic carbocycles. The molecule has 0 heterocycles. The van der Waals surface area contributed by atoms with Crippen LogP contribution in [0.4, 0.5) is 13.2 Å². The van der Waals surface area contributed by atoms with Crippen LogP contribution >= 0.6 is 0 Å². The summed E-state index contributed by atoms with van der Waals surface area (Å²) < 4.78 is 36.0.